The fourth-order valence-electron chi connectivity index (χ4n) is 3.09. The standard InChI is InChI=1S/C18H21NO3S2/c20-18(9-13-24(21,22)17-4-2-1-3-5-17)19-10-6-15(7-11-19)16-8-12-23-14-16/h1-5,8,12,14-15H,6-7,9-11,13H2. The van der Waals surface area contributed by atoms with E-state index < -0.39 is 9.84 Å². The zero-order valence-corrected chi connectivity index (χ0v) is 15.1. The molecule has 4 nitrogen and oxygen atoms in total. The zero-order valence-electron chi connectivity index (χ0n) is 13.4. The molecular formula is C18H21NO3S2. The van der Waals surface area contributed by atoms with E-state index >= 15 is 0 Å². The molecule has 0 saturated carbocycles. The smallest absolute Gasteiger partial charge is 0.223 e. The van der Waals surface area contributed by atoms with Crippen molar-refractivity contribution in [2.75, 3.05) is 18.8 Å². The Morgan fingerprint density at radius 1 is 1.12 bits per heavy atom. The van der Waals surface area contributed by atoms with Crippen LogP contribution < -0.4 is 0 Å². The molecule has 3 rings (SSSR count). The number of hydrogen-bond donors (Lipinski definition) is 0. The lowest BCUT2D eigenvalue weighted by Gasteiger charge is -2.32. The minimum absolute atomic E-state index is 0.0559. The summed E-state index contributed by atoms with van der Waals surface area (Å²) in [5.74, 6) is 0.340. The molecule has 1 aromatic heterocycles. The Labute approximate surface area is 147 Å². The Morgan fingerprint density at radius 3 is 2.46 bits per heavy atom. The summed E-state index contributed by atoms with van der Waals surface area (Å²) in [6, 6.07) is 10.5. The van der Waals surface area contributed by atoms with Gasteiger partial charge in [-0.15, -0.1) is 0 Å². The van der Waals surface area contributed by atoms with Crippen molar-refractivity contribution in [3.63, 3.8) is 0 Å². The summed E-state index contributed by atoms with van der Waals surface area (Å²) in [7, 11) is -3.39. The second-order valence-corrected chi connectivity index (χ2v) is 8.98. The second kappa shape index (κ2) is 7.49. The summed E-state index contributed by atoms with van der Waals surface area (Å²) in [5.41, 5.74) is 1.36. The van der Waals surface area contributed by atoms with Crippen LogP contribution in [0.15, 0.2) is 52.1 Å². The van der Waals surface area contributed by atoms with Crippen molar-refractivity contribution in [1.29, 1.82) is 0 Å². The largest absolute Gasteiger partial charge is 0.343 e. The van der Waals surface area contributed by atoms with E-state index in [1.807, 2.05) is 4.90 Å². The Morgan fingerprint density at radius 2 is 1.83 bits per heavy atom. The lowest BCUT2D eigenvalue weighted by molar-refractivity contribution is -0.131. The maximum Gasteiger partial charge on any atom is 0.223 e. The number of thiophene rings is 1. The average Bonchev–Trinajstić information content (AvgIpc) is 3.15. The molecule has 2 heterocycles. The van der Waals surface area contributed by atoms with E-state index in [4.69, 9.17) is 0 Å². The highest BCUT2D eigenvalue weighted by molar-refractivity contribution is 7.91. The van der Waals surface area contributed by atoms with Crippen LogP contribution in [0, 0.1) is 0 Å². The topological polar surface area (TPSA) is 54.5 Å². The molecule has 0 aliphatic carbocycles. The van der Waals surface area contributed by atoms with Crippen LogP contribution in [-0.2, 0) is 14.6 Å². The van der Waals surface area contributed by atoms with Gasteiger partial charge in [0.2, 0.25) is 5.91 Å². The summed E-state index contributed by atoms with van der Waals surface area (Å²) >= 11 is 1.70. The first-order valence-corrected chi connectivity index (χ1v) is 10.7. The van der Waals surface area contributed by atoms with Crippen molar-refractivity contribution in [1.82, 2.24) is 4.90 Å². The number of sulfone groups is 1. The number of carbonyl (C=O) groups is 1. The van der Waals surface area contributed by atoms with Crippen molar-refractivity contribution in [3.05, 3.63) is 52.7 Å². The predicted molar refractivity (Wildman–Crippen MR) is 96.0 cm³/mol. The van der Waals surface area contributed by atoms with E-state index in [-0.39, 0.29) is 23.0 Å². The zero-order chi connectivity index (χ0) is 17.0. The van der Waals surface area contributed by atoms with Crippen molar-refractivity contribution in [3.8, 4) is 0 Å². The highest BCUT2D eigenvalue weighted by Gasteiger charge is 2.25. The molecule has 1 saturated heterocycles. The van der Waals surface area contributed by atoms with Gasteiger partial charge in [-0.25, -0.2) is 8.42 Å². The number of hydrogen-bond acceptors (Lipinski definition) is 4. The van der Waals surface area contributed by atoms with Gasteiger partial charge in [-0.3, -0.25) is 4.79 Å². The van der Waals surface area contributed by atoms with Gasteiger partial charge in [-0.1, -0.05) is 18.2 Å². The third-order valence-electron chi connectivity index (χ3n) is 4.55. The van der Waals surface area contributed by atoms with E-state index in [9.17, 15) is 13.2 Å². The van der Waals surface area contributed by atoms with Crippen LogP contribution >= 0.6 is 11.3 Å². The van der Waals surface area contributed by atoms with E-state index in [0.717, 1.165) is 12.8 Å². The molecule has 128 valence electrons. The Bertz CT molecular complexity index is 762. The van der Waals surface area contributed by atoms with E-state index in [1.165, 1.54) is 5.56 Å². The molecule has 1 amide bonds. The second-order valence-electron chi connectivity index (χ2n) is 6.09. The minimum Gasteiger partial charge on any atom is -0.343 e. The Hall–Kier alpha value is -1.66. The molecule has 24 heavy (non-hydrogen) atoms. The third kappa shape index (κ3) is 4.05. The van der Waals surface area contributed by atoms with Gasteiger partial charge in [0, 0.05) is 19.5 Å². The number of likely N-dealkylation sites (tertiary alicyclic amines) is 1. The first kappa shape index (κ1) is 17.2. The highest BCUT2D eigenvalue weighted by atomic mass is 32.2. The van der Waals surface area contributed by atoms with Crippen LogP contribution in [0.25, 0.3) is 0 Å². The van der Waals surface area contributed by atoms with E-state index in [1.54, 1.807) is 41.7 Å². The average molecular weight is 364 g/mol. The summed E-state index contributed by atoms with van der Waals surface area (Å²) in [6.07, 6.45) is 1.96. The van der Waals surface area contributed by atoms with Crippen LogP contribution in [0.2, 0.25) is 0 Å². The first-order valence-electron chi connectivity index (χ1n) is 8.14. The number of amides is 1. The first-order chi connectivity index (χ1) is 11.6. The summed E-state index contributed by atoms with van der Waals surface area (Å²) in [4.78, 5) is 14.4. The molecule has 2 aromatic rings. The molecule has 0 unspecified atom stereocenters. The van der Waals surface area contributed by atoms with Gasteiger partial charge in [-0.2, -0.15) is 11.3 Å². The monoisotopic (exact) mass is 363 g/mol. The van der Waals surface area contributed by atoms with Gasteiger partial charge >= 0.3 is 0 Å². The van der Waals surface area contributed by atoms with Gasteiger partial charge in [0.25, 0.3) is 0 Å². The molecule has 1 aromatic carbocycles. The number of nitrogens with zero attached hydrogens (tertiary/aromatic N) is 1. The molecule has 0 bridgehead atoms. The Kier molecular flexibility index (Phi) is 5.36. The molecule has 1 fully saturated rings. The fraction of sp³-hybridized carbons (Fsp3) is 0.389. The molecular weight excluding hydrogens is 342 g/mol. The van der Waals surface area contributed by atoms with Gasteiger partial charge in [0.15, 0.2) is 9.84 Å². The molecule has 0 spiro atoms. The molecule has 0 atom stereocenters. The predicted octanol–water partition coefficient (Wildman–Crippen LogP) is 3.32. The van der Waals surface area contributed by atoms with Crippen molar-refractivity contribution < 1.29 is 13.2 Å². The summed E-state index contributed by atoms with van der Waals surface area (Å²) in [6.45, 7) is 1.43. The molecule has 0 radical (unpaired) electrons. The Balaban J connectivity index is 1.51. The van der Waals surface area contributed by atoms with E-state index in [2.05, 4.69) is 16.8 Å². The SMILES string of the molecule is O=C(CCS(=O)(=O)c1ccccc1)N1CCC(c2ccsc2)CC1. The van der Waals surface area contributed by atoms with Gasteiger partial charge in [0.1, 0.15) is 0 Å². The molecule has 0 N–H and O–H groups in total. The number of rotatable bonds is 5. The van der Waals surface area contributed by atoms with Crippen LogP contribution in [0.5, 0.6) is 0 Å². The van der Waals surface area contributed by atoms with E-state index in [0.29, 0.717) is 19.0 Å². The lowest BCUT2D eigenvalue weighted by atomic mass is 9.91. The summed E-state index contributed by atoms with van der Waals surface area (Å²) in [5, 5.41) is 4.26. The highest BCUT2D eigenvalue weighted by Crippen LogP contribution is 2.29. The molecule has 6 heteroatoms. The summed E-state index contributed by atoms with van der Waals surface area (Å²) < 4.78 is 24.5. The number of carbonyl (C=O) groups excluding carboxylic acids is 1. The van der Waals surface area contributed by atoms with Crippen LogP contribution in [0.4, 0.5) is 0 Å². The minimum atomic E-state index is -3.39. The van der Waals surface area contributed by atoms with Gasteiger partial charge in [-0.05, 0) is 53.3 Å². The van der Waals surface area contributed by atoms with Gasteiger partial charge in [0.05, 0.1) is 10.6 Å². The lowest BCUT2D eigenvalue weighted by Crippen LogP contribution is -2.38. The molecule has 1 aliphatic rings. The third-order valence-corrected chi connectivity index (χ3v) is 6.98. The van der Waals surface area contributed by atoms with Crippen molar-refractivity contribution in [2.24, 2.45) is 0 Å². The maximum absolute atomic E-state index is 12.3. The number of piperidine rings is 1. The van der Waals surface area contributed by atoms with Gasteiger partial charge < -0.3 is 4.90 Å². The van der Waals surface area contributed by atoms with Crippen LogP contribution in [0.3, 0.4) is 0 Å². The number of benzene rings is 1. The van der Waals surface area contributed by atoms with Crippen molar-refractivity contribution in [2.45, 2.75) is 30.1 Å². The molecule has 1 aliphatic heterocycles. The normalized spacial score (nSPS) is 16.2. The fourth-order valence-corrected chi connectivity index (χ4v) is 5.09. The van der Waals surface area contributed by atoms with Crippen molar-refractivity contribution >= 4 is 27.1 Å². The quantitative estimate of drug-likeness (QED) is 0.819. The maximum atomic E-state index is 12.3. The van der Waals surface area contributed by atoms with Crippen LogP contribution in [0.1, 0.15) is 30.7 Å². The van der Waals surface area contributed by atoms with Crippen LogP contribution in [-0.4, -0.2) is 38.1 Å².